The number of hydrogen-bond donors (Lipinski definition) is 2. The second kappa shape index (κ2) is 5.31. The van der Waals surface area contributed by atoms with E-state index in [0.717, 1.165) is 19.4 Å². The van der Waals surface area contributed by atoms with Crippen molar-refractivity contribution in [1.82, 2.24) is 20.4 Å². The van der Waals surface area contributed by atoms with Crippen molar-refractivity contribution in [3.05, 3.63) is 18.0 Å². The Bertz CT molecular complexity index is 388. The van der Waals surface area contributed by atoms with Gasteiger partial charge in [0.2, 0.25) is 5.91 Å². The van der Waals surface area contributed by atoms with Gasteiger partial charge in [-0.3, -0.25) is 9.48 Å². The molecule has 2 heterocycles. The molecule has 0 spiro atoms. The van der Waals surface area contributed by atoms with Crippen LogP contribution in [0.1, 0.15) is 31.2 Å². The third kappa shape index (κ3) is 2.85. The molecule has 1 fully saturated rings. The van der Waals surface area contributed by atoms with Gasteiger partial charge in [0.25, 0.3) is 0 Å². The highest BCUT2D eigenvalue weighted by atomic mass is 16.2. The zero-order valence-electron chi connectivity index (χ0n) is 10.4. The lowest BCUT2D eigenvalue weighted by Gasteiger charge is -2.28. The summed E-state index contributed by atoms with van der Waals surface area (Å²) < 4.78 is 1.82. The Labute approximate surface area is 102 Å². The lowest BCUT2D eigenvalue weighted by Crippen LogP contribution is -2.48. The molecular formula is C12H20N4O. The number of aryl methyl sites for hydroxylation is 1. The largest absolute Gasteiger partial charge is 0.355 e. The van der Waals surface area contributed by atoms with Gasteiger partial charge in [-0.05, 0) is 37.8 Å². The fraction of sp³-hybridized carbons (Fsp3) is 0.667. The summed E-state index contributed by atoms with van der Waals surface area (Å²) in [5.41, 5.74) is 1.24. The Morgan fingerprint density at radius 3 is 3.18 bits per heavy atom. The summed E-state index contributed by atoms with van der Waals surface area (Å²) >= 11 is 0. The van der Waals surface area contributed by atoms with E-state index in [4.69, 9.17) is 0 Å². The number of hydrogen-bond acceptors (Lipinski definition) is 3. The van der Waals surface area contributed by atoms with E-state index in [-0.39, 0.29) is 11.9 Å². The van der Waals surface area contributed by atoms with E-state index in [0.29, 0.717) is 12.5 Å². The molecule has 0 aliphatic carbocycles. The van der Waals surface area contributed by atoms with Crippen LogP contribution < -0.4 is 10.6 Å². The van der Waals surface area contributed by atoms with E-state index in [1.165, 1.54) is 5.56 Å². The summed E-state index contributed by atoms with van der Waals surface area (Å²) in [6.07, 6.45) is 5.88. The molecule has 1 aliphatic rings. The van der Waals surface area contributed by atoms with Crippen LogP contribution in [0.4, 0.5) is 0 Å². The highest BCUT2D eigenvalue weighted by molar-refractivity contribution is 5.81. The zero-order valence-corrected chi connectivity index (χ0v) is 10.4. The average Bonchev–Trinajstić information content (AvgIpc) is 2.76. The van der Waals surface area contributed by atoms with Gasteiger partial charge >= 0.3 is 0 Å². The number of carbonyl (C=O) groups is 1. The molecule has 1 aromatic rings. The second-order valence-corrected chi connectivity index (χ2v) is 4.57. The Hall–Kier alpha value is -1.36. The molecule has 1 amide bonds. The summed E-state index contributed by atoms with van der Waals surface area (Å²) in [6, 6.07) is -0.0612. The van der Waals surface area contributed by atoms with Gasteiger partial charge in [-0.15, -0.1) is 0 Å². The molecule has 1 saturated heterocycles. The molecule has 2 unspecified atom stereocenters. The summed E-state index contributed by atoms with van der Waals surface area (Å²) in [6.45, 7) is 3.52. The normalized spacial score (nSPS) is 24.6. The maximum absolute atomic E-state index is 11.8. The molecule has 2 N–H and O–H groups in total. The van der Waals surface area contributed by atoms with Crippen LogP contribution in [0.2, 0.25) is 0 Å². The number of likely N-dealkylation sites (N-methyl/N-ethyl adjacent to an activating group) is 1. The Morgan fingerprint density at radius 1 is 1.71 bits per heavy atom. The monoisotopic (exact) mass is 236 g/mol. The molecule has 0 bridgehead atoms. The summed E-state index contributed by atoms with van der Waals surface area (Å²) in [5, 5.41) is 10.3. The molecule has 0 aromatic carbocycles. The minimum atomic E-state index is -0.0612. The fourth-order valence-electron chi connectivity index (χ4n) is 2.37. The third-order valence-corrected chi connectivity index (χ3v) is 3.27. The van der Waals surface area contributed by atoms with Gasteiger partial charge in [-0.25, -0.2) is 0 Å². The molecule has 1 aromatic heterocycles. The van der Waals surface area contributed by atoms with Gasteiger partial charge in [-0.1, -0.05) is 0 Å². The number of nitrogens with one attached hydrogen (secondary N) is 2. The topological polar surface area (TPSA) is 59.0 Å². The van der Waals surface area contributed by atoms with Crippen molar-refractivity contribution in [2.24, 2.45) is 7.05 Å². The fourth-order valence-corrected chi connectivity index (χ4v) is 2.37. The summed E-state index contributed by atoms with van der Waals surface area (Å²) in [7, 11) is 1.92. The van der Waals surface area contributed by atoms with Crippen LogP contribution in [0, 0.1) is 0 Å². The Balaban J connectivity index is 1.99. The van der Waals surface area contributed by atoms with Crippen LogP contribution in [0.3, 0.4) is 0 Å². The lowest BCUT2D eigenvalue weighted by atomic mass is 9.88. The van der Waals surface area contributed by atoms with Crippen LogP contribution in [-0.2, 0) is 11.8 Å². The van der Waals surface area contributed by atoms with Crippen molar-refractivity contribution >= 4 is 5.91 Å². The first-order valence-corrected chi connectivity index (χ1v) is 6.20. The van der Waals surface area contributed by atoms with Crippen LogP contribution in [0.5, 0.6) is 0 Å². The van der Waals surface area contributed by atoms with E-state index < -0.39 is 0 Å². The van der Waals surface area contributed by atoms with Crippen LogP contribution in [-0.4, -0.2) is 34.8 Å². The van der Waals surface area contributed by atoms with Crippen LogP contribution in [0.25, 0.3) is 0 Å². The number of piperidine rings is 1. The van der Waals surface area contributed by atoms with Crippen molar-refractivity contribution in [1.29, 1.82) is 0 Å². The van der Waals surface area contributed by atoms with Crippen molar-refractivity contribution in [3.8, 4) is 0 Å². The SMILES string of the molecule is CCNC(=O)C1CC(c2cnn(C)c2)CCN1. The molecular weight excluding hydrogens is 216 g/mol. The Morgan fingerprint density at radius 2 is 2.53 bits per heavy atom. The predicted octanol–water partition coefficient (Wildman–Crippen LogP) is 0.392. The predicted molar refractivity (Wildman–Crippen MR) is 65.7 cm³/mol. The van der Waals surface area contributed by atoms with Gasteiger partial charge < -0.3 is 10.6 Å². The standard InChI is InChI=1S/C12H20N4O/c1-3-13-12(17)11-6-9(4-5-14-11)10-7-15-16(2)8-10/h7-9,11,14H,3-6H2,1-2H3,(H,13,17). The molecule has 0 radical (unpaired) electrons. The smallest absolute Gasteiger partial charge is 0.237 e. The van der Waals surface area contributed by atoms with E-state index in [1.807, 2.05) is 31.0 Å². The quantitative estimate of drug-likeness (QED) is 0.798. The second-order valence-electron chi connectivity index (χ2n) is 4.57. The van der Waals surface area contributed by atoms with Crippen molar-refractivity contribution in [2.45, 2.75) is 31.7 Å². The van der Waals surface area contributed by atoms with Gasteiger partial charge in [0, 0.05) is 19.8 Å². The number of amides is 1. The number of nitrogens with zero attached hydrogens (tertiary/aromatic N) is 2. The minimum Gasteiger partial charge on any atom is -0.355 e. The van der Waals surface area contributed by atoms with Crippen LogP contribution >= 0.6 is 0 Å². The van der Waals surface area contributed by atoms with Gasteiger partial charge in [0.15, 0.2) is 0 Å². The minimum absolute atomic E-state index is 0.0612. The van der Waals surface area contributed by atoms with Gasteiger partial charge in [0.05, 0.1) is 12.2 Å². The molecule has 2 atom stereocenters. The molecule has 5 nitrogen and oxygen atoms in total. The highest BCUT2D eigenvalue weighted by Gasteiger charge is 2.27. The van der Waals surface area contributed by atoms with Crippen molar-refractivity contribution in [3.63, 3.8) is 0 Å². The number of rotatable bonds is 3. The zero-order chi connectivity index (χ0) is 12.3. The molecule has 0 saturated carbocycles. The first kappa shape index (κ1) is 12.1. The molecule has 2 rings (SSSR count). The maximum atomic E-state index is 11.8. The maximum Gasteiger partial charge on any atom is 0.237 e. The van der Waals surface area contributed by atoms with E-state index in [9.17, 15) is 4.79 Å². The van der Waals surface area contributed by atoms with Crippen LogP contribution in [0.15, 0.2) is 12.4 Å². The summed E-state index contributed by atoms with van der Waals surface area (Å²) in [4.78, 5) is 11.8. The highest BCUT2D eigenvalue weighted by Crippen LogP contribution is 2.27. The number of carbonyl (C=O) groups excluding carboxylic acids is 1. The number of aromatic nitrogens is 2. The summed E-state index contributed by atoms with van der Waals surface area (Å²) in [5.74, 6) is 0.554. The molecule has 94 valence electrons. The third-order valence-electron chi connectivity index (χ3n) is 3.27. The van der Waals surface area contributed by atoms with Gasteiger partial charge in [0.1, 0.15) is 0 Å². The van der Waals surface area contributed by atoms with E-state index >= 15 is 0 Å². The van der Waals surface area contributed by atoms with Gasteiger partial charge in [-0.2, -0.15) is 5.10 Å². The van der Waals surface area contributed by atoms with E-state index in [1.54, 1.807) is 0 Å². The molecule has 17 heavy (non-hydrogen) atoms. The molecule has 1 aliphatic heterocycles. The van der Waals surface area contributed by atoms with Crippen molar-refractivity contribution < 1.29 is 4.79 Å². The molecule has 5 heteroatoms. The average molecular weight is 236 g/mol. The van der Waals surface area contributed by atoms with Crippen molar-refractivity contribution in [2.75, 3.05) is 13.1 Å². The first-order valence-electron chi connectivity index (χ1n) is 6.20. The Kier molecular flexibility index (Phi) is 3.78. The van der Waals surface area contributed by atoms with E-state index in [2.05, 4.69) is 15.7 Å². The first-order chi connectivity index (χ1) is 8.20. The lowest BCUT2D eigenvalue weighted by molar-refractivity contribution is -0.123.